The first-order chi connectivity index (χ1) is 9.15. The first-order valence-corrected chi connectivity index (χ1v) is 6.80. The summed E-state index contributed by atoms with van der Waals surface area (Å²) in [5, 5.41) is 0. The van der Waals surface area contributed by atoms with Gasteiger partial charge in [0.15, 0.2) is 0 Å². The molecule has 3 rings (SSSR count). The Morgan fingerprint density at radius 2 is 2.05 bits per heavy atom. The van der Waals surface area contributed by atoms with Gasteiger partial charge in [-0.15, -0.1) is 0 Å². The number of benzene rings is 2. The summed E-state index contributed by atoms with van der Waals surface area (Å²) in [6, 6.07) is 11.9. The van der Waals surface area contributed by atoms with Crippen LogP contribution in [0, 0.1) is 5.82 Å². The average Bonchev–Trinajstić information content (AvgIpc) is 2.80. The van der Waals surface area contributed by atoms with Crippen molar-refractivity contribution in [3.8, 4) is 0 Å². The van der Waals surface area contributed by atoms with Crippen LogP contribution in [0.4, 0.5) is 10.1 Å². The summed E-state index contributed by atoms with van der Waals surface area (Å²) in [4.78, 5) is 14.2. The van der Waals surface area contributed by atoms with Crippen LogP contribution in [0.5, 0.6) is 0 Å². The van der Waals surface area contributed by atoms with Crippen molar-refractivity contribution < 1.29 is 9.18 Å². The molecule has 0 N–H and O–H groups in total. The lowest BCUT2D eigenvalue weighted by atomic mass is 10.1. The number of anilines is 1. The molecule has 0 radical (unpaired) electrons. The second-order valence-electron chi connectivity index (χ2n) is 4.49. The molecule has 1 heterocycles. The Kier molecular flexibility index (Phi) is 3.11. The number of fused-ring (bicyclic) bond motifs is 1. The maximum Gasteiger partial charge on any atom is 0.258 e. The molecule has 2 aromatic rings. The normalized spacial score (nSPS) is 13.5. The highest BCUT2D eigenvalue weighted by molar-refractivity contribution is 9.10. The fourth-order valence-corrected chi connectivity index (χ4v) is 2.76. The number of amides is 1. The Morgan fingerprint density at radius 1 is 1.21 bits per heavy atom. The van der Waals surface area contributed by atoms with E-state index >= 15 is 0 Å². The number of rotatable bonds is 1. The molecule has 1 aliphatic rings. The van der Waals surface area contributed by atoms with Gasteiger partial charge in [0.05, 0.1) is 0 Å². The minimum Gasteiger partial charge on any atom is -0.308 e. The van der Waals surface area contributed by atoms with E-state index in [9.17, 15) is 9.18 Å². The fraction of sp³-hybridized carbons (Fsp3) is 0.133. The average molecular weight is 320 g/mol. The highest BCUT2D eigenvalue weighted by atomic mass is 79.9. The molecular formula is C15H11BrFNO. The van der Waals surface area contributed by atoms with Gasteiger partial charge < -0.3 is 4.90 Å². The summed E-state index contributed by atoms with van der Waals surface area (Å²) in [5.41, 5.74) is 2.33. The van der Waals surface area contributed by atoms with Gasteiger partial charge in [0, 0.05) is 22.3 Å². The van der Waals surface area contributed by atoms with Gasteiger partial charge in [-0.25, -0.2) is 4.39 Å². The van der Waals surface area contributed by atoms with Crippen molar-refractivity contribution in [3.63, 3.8) is 0 Å². The first-order valence-electron chi connectivity index (χ1n) is 6.01. The van der Waals surface area contributed by atoms with Crippen LogP contribution in [-0.2, 0) is 6.42 Å². The Balaban J connectivity index is 1.95. The molecule has 1 aliphatic heterocycles. The standard InChI is InChI=1S/C15H11BrFNO/c16-12-3-1-2-11(8-12)15(19)18-7-6-10-9-13(17)4-5-14(10)18/h1-5,8-9H,6-7H2. The number of carbonyl (C=O) groups is 1. The Bertz CT molecular complexity index is 656. The highest BCUT2D eigenvalue weighted by Crippen LogP contribution is 2.30. The Morgan fingerprint density at radius 3 is 2.84 bits per heavy atom. The van der Waals surface area contributed by atoms with Gasteiger partial charge in [-0.1, -0.05) is 22.0 Å². The van der Waals surface area contributed by atoms with Gasteiger partial charge in [-0.3, -0.25) is 4.79 Å². The summed E-state index contributed by atoms with van der Waals surface area (Å²) >= 11 is 3.36. The van der Waals surface area contributed by atoms with E-state index in [4.69, 9.17) is 0 Å². The van der Waals surface area contributed by atoms with Gasteiger partial charge in [0.1, 0.15) is 5.82 Å². The molecule has 2 nitrogen and oxygen atoms in total. The Hall–Kier alpha value is -1.68. The molecule has 19 heavy (non-hydrogen) atoms. The lowest BCUT2D eigenvalue weighted by molar-refractivity contribution is 0.0989. The summed E-state index contributed by atoms with van der Waals surface area (Å²) in [5.74, 6) is -0.304. The van der Waals surface area contributed by atoms with Crippen LogP contribution >= 0.6 is 15.9 Å². The van der Waals surface area contributed by atoms with Gasteiger partial charge in [0.2, 0.25) is 0 Å². The minimum absolute atomic E-state index is 0.0494. The molecule has 4 heteroatoms. The van der Waals surface area contributed by atoms with E-state index in [1.807, 2.05) is 12.1 Å². The van der Waals surface area contributed by atoms with Crippen LogP contribution in [0.2, 0.25) is 0 Å². The quantitative estimate of drug-likeness (QED) is 0.783. The van der Waals surface area contributed by atoms with Crippen LogP contribution in [0.15, 0.2) is 46.9 Å². The molecule has 96 valence electrons. The van der Waals surface area contributed by atoms with Crippen molar-refractivity contribution in [3.05, 3.63) is 63.9 Å². The summed E-state index contributed by atoms with van der Waals surface area (Å²) < 4.78 is 14.0. The van der Waals surface area contributed by atoms with E-state index in [1.54, 1.807) is 23.1 Å². The molecule has 0 saturated heterocycles. The fourth-order valence-electron chi connectivity index (χ4n) is 2.36. The molecule has 0 saturated carbocycles. The molecule has 0 bridgehead atoms. The molecule has 0 spiro atoms. The van der Waals surface area contributed by atoms with Gasteiger partial charge in [0.25, 0.3) is 5.91 Å². The van der Waals surface area contributed by atoms with Crippen molar-refractivity contribution >= 4 is 27.5 Å². The van der Waals surface area contributed by atoms with Crippen LogP contribution in [0.25, 0.3) is 0 Å². The third-order valence-electron chi connectivity index (χ3n) is 3.25. The molecule has 1 amide bonds. The maximum atomic E-state index is 13.2. The van der Waals surface area contributed by atoms with Crippen LogP contribution in [0.1, 0.15) is 15.9 Å². The van der Waals surface area contributed by atoms with Gasteiger partial charge in [-0.2, -0.15) is 0 Å². The zero-order valence-electron chi connectivity index (χ0n) is 10.1. The molecule has 0 atom stereocenters. The van der Waals surface area contributed by atoms with Crippen LogP contribution in [0.3, 0.4) is 0 Å². The van der Waals surface area contributed by atoms with E-state index in [0.717, 1.165) is 15.7 Å². The number of carbonyl (C=O) groups excluding carboxylic acids is 1. The molecule has 0 aromatic heterocycles. The van der Waals surface area contributed by atoms with Crippen molar-refractivity contribution in [1.29, 1.82) is 0 Å². The number of nitrogens with zero attached hydrogens (tertiary/aromatic N) is 1. The maximum absolute atomic E-state index is 13.2. The van der Waals surface area contributed by atoms with Crippen molar-refractivity contribution in [2.75, 3.05) is 11.4 Å². The van der Waals surface area contributed by atoms with Gasteiger partial charge >= 0.3 is 0 Å². The number of hydrogen-bond acceptors (Lipinski definition) is 1. The molecule has 0 aliphatic carbocycles. The predicted molar refractivity (Wildman–Crippen MR) is 75.9 cm³/mol. The number of halogens is 2. The third kappa shape index (κ3) is 2.28. The summed E-state index contributed by atoms with van der Waals surface area (Å²) in [6.45, 7) is 0.601. The van der Waals surface area contributed by atoms with Crippen LogP contribution in [-0.4, -0.2) is 12.5 Å². The molecule has 0 unspecified atom stereocenters. The zero-order chi connectivity index (χ0) is 13.4. The summed E-state index contributed by atoms with van der Waals surface area (Å²) in [7, 11) is 0. The van der Waals surface area contributed by atoms with Gasteiger partial charge in [-0.05, 0) is 48.4 Å². The minimum atomic E-state index is -0.254. The summed E-state index contributed by atoms with van der Waals surface area (Å²) in [6.07, 6.45) is 0.701. The smallest absolute Gasteiger partial charge is 0.258 e. The lowest BCUT2D eigenvalue weighted by Gasteiger charge is -2.17. The largest absolute Gasteiger partial charge is 0.308 e. The molecule has 2 aromatic carbocycles. The van der Waals surface area contributed by atoms with E-state index in [-0.39, 0.29) is 11.7 Å². The zero-order valence-corrected chi connectivity index (χ0v) is 11.7. The van der Waals surface area contributed by atoms with E-state index < -0.39 is 0 Å². The van der Waals surface area contributed by atoms with E-state index in [2.05, 4.69) is 15.9 Å². The first kappa shape index (κ1) is 12.4. The SMILES string of the molecule is O=C(c1cccc(Br)c1)N1CCc2cc(F)ccc21. The number of hydrogen-bond donors (Lipinski definition) is 0. The second-order valence-corrected chi connectivity index (χ2v) is 5.41. The van der Waals surface area contributed by atoms with Crippen molar-refractivity contribution in [2.45, 2.75) is 6.42 Å². The van der Waals surface area contributed by atoms with Crippen molar-refractivity contribution in [1.82, 2.24) is 0 Å². The molecular weight excluding hydrogens is 309 g/mol. The Labute approximate surface area is 119 Å². The lowest BCUT2D eigenvalue weighted by Crippen LogP contribution is -2.28. The predicted octanol–water partition coefficient (Wildman–Crippen LogP) is 3.79. The third-order valence-corrected chi connectivity index (χ3v) is 3.75. The highest BCUT2D eigenvalue weighted by Gasteiger charge is 2.25. The van der Waals surface area contributed by atoms with Crippen molar-refractivity contribution in [2.24, 2.45) is 0 Å². The van der Waals surface area contributed by atoms with Crippen LogP contribution < -0.4 is 4.90 Å². The monoisotopic (exact) mass is 319 g/mol. The topological polar surface area (TPSA) is 20.3 Å². The molecule has 0 fully saturated rings. The van der Waals surface area contributed by atoms with E-state index in [1.165, 1.54) is 12.1 Å². The second kappa shape index (κ2) is 4.78. The van der Waals surface area contributed by atoms with E-state index in [0.29, 0.717) is 18.5 Å².